The maximum atomic E-state index is 12.5. The molecular formula is C20H22N4OS. The standard InChI is InChI=1S/C20H22N4OS/c25-19(18-13-23-20(26-18)16-7-11-22-12-8-16)24-17-3-1-14(2-4-17)15-5-9-21-10-6-15/h1-5,7,13,21-22H,6,8-12H2,(H,24,25). The molecule has 0 bridgehead atoms. The molecule has 0 saturated heterocycles. The van der Waals surface area contributed by atoms with E-state index in [1.54, 1.807) is 6.20 Å². The van der Waals surface area contributed by atoms with E-state index in [0.29, 0.717) is 4.88 Å². The molecule has 3 heterocycles. The molecule has 2 aromatic rings. The Morgan fingerprint density at radius 3 is 2.35 bits per heavy atom. The second-order valence-corrected chi connectivity index (χ2v) is 7.46. The first kappa shape index (κ1) is 17.1. The van der Waals surface area contributed by atoms with Gasteiger partial charge < -0.3 is 16.0 Å². The molecule has 0 atom stereocenters. The zero-order valence-electron chi connectivity index (χ0n) is 14.5. The third-order valence-electron chi connectivity index (χ3n) is 4.65. The van der Waals surface area contributed by atoms with Gasteiger partial charge in [-0.2, -0.15) is 0 Å². The Morgan fingerprint density at radius 1 is 1.00 bits per heavy atom. The first-order valence-corrected chi connectivity index (χ1v) is 9.79. The first-order chi connectivity index (χ1) is 12.8. The summed E-state index contributed by atoms with van der Waals surface area (Å²) in [6.45, 7) is 3.78. The Labute approximate surface area is 157 Å². The van der Waals surface area contributed by atoms with Crippen LogP contribution in [0.25, 0.3) is 11.1 Å². The van der Waals surface area contributed by atoms with E-state index in [4.69, 9.17) is 0 Å². The van der Waals surface area contributed by atoms with E-state index in [1.807, 2.05) is 12.1 Å². The highest BCUT2D eigenvalue weighted by Gasteiger charge is 2.15. The molecule has 26 heavy (non-hydrogen) atoms. The van der Waals surface area contributed by atoms with Crippen LogP contribution in [0.5, 0.6) is 0 Å². The van der Waals surface area contributed by atoms with Gasteiger partial charge in [0, 0.05) is 18.8 Å². The molecule has 3 N–H and O–H groups in total. The molecule has 0 saturated carbocycles. The predicted molar refractivity (Wildman–Crippen MR) is 107 cm³/mol. The van der Waals surface area contributed by atoms with E-state index < -0.39 is 0 Å². The Morgan fingerprint density at radius 2 is 1.69 bits per heavy atom. The van der Waals surface area contributed by atoms with E-state index in [9.17, 15) is 4.79 Å². The molecule has 4 rings (SSSR count). The maximum absolute atomic E-state index is 12.5. The fourth-order valence-electron chi connectivity index (χ4n) is 3.19. The molecule has 1 aromatic heterocycles. The van der Waals surface area contributed by atoms with Crippen LogP contribution in [0.1, 0.15) is 33.1 Å². The maximum Gasteiger partial charge on any atom is 0.267 e. The second-order valence-electron chi connectivity index (χ2n) is 6.43. The van der Waals surface area contributed by atoms with Gasteiger partial charge in [0.2, 0.25) is 0 Å². The van der Waals surface area contributed by atoms with E-state index in [1.165, 1.54) is 28.0 Å². The van der Waals surface area contributed by atoms with Gasteiger partial charge in [0.15, 0.2) is 0 Å². The second kappa shape index (κ2) is 7.95. The summed E-state index contributed by atoms with van der Waals surface area (Å²) in [4.78, 5) is 17.6. The van der Waals surface area contributed by atoms with Crippen LogP contribution in [0.2, 0.25) is 0 Å². The fraction of sp³-hybridized carbons (Fsp3) is 0.300. The number of nitrogens with one attached hydrogen (secondary N) is 3. The van der Waals surface area contributed by atoms with Gasteiger partial charge in [0.25, 0.3) is 5.91 Å². The van der Waals surface area contributed by atoms with Gasteiger partial charge in [-0.1, -0.05) is 24.3 Å². The smallest absolute Gasteiger partial charge is 0.267 e. The largest absolute Gasteiger partial charge is 0.321 e. The number of carbonyl (C=O) groups excluding carboxylic acids is 1. The monoisotopic (exact) mass is 366 g/mol. The van der Waals surface area contributed by atoms with Crippen molar-refractivity contribution >= 4 is 34.1 Å². The summed E-state index contributed by atoms with van der Waals surface area (Å²) in [6.07, 6.45) is 8.05. The number of hydrogen-bond acceptors (Lipinski definition) is 5. The number of carbonyl (C=O) groups is 1. The molecule has 134 valence electrons. The van der Waals surface area contributed by atoms with Crippen molar-refractivity contribution in [3.63, 3.8) is 0 Å². The number of hydrogen-bond donors (Lipinski definition) is 3. The lowest BCUT2D eigenvalue weighted by molar-refractivity contribution is 0.103. The number of thiazole rings is 1. The van der Waals surface area contributed by atoms with Crippen LogP contribution < -0.4 is 16.0 Å². The molecule has 5 nitrogen and oxygen atoms in total. The van der Waals surface area contributed by atoms with Crippen LogP contribution in [0.15, 0.2) is 42.6 Å². The summed E-state index contributed by atoms with van der Waals surface area (Å²) >= 11 is 1.46. The highest BCUT2D eigenvalue weighted by atomic mass is 32.1. The molecular weight excluding hydrogens is 344 g/mol. The normalized spacial score (nSPS) is 17.4. The average Bonchev–Trinajstić information content (AvgIpc) is 3.20. The number of anilines is 1. The average molecular weight is 366 g/mol. The van der Waals surface area contributed by atoms with Crippen molar-refractivity contribution < 1.29 is 4.79 Å². The quantitative estimate of drug-likeness (QED) is 0.778. The number of aromatic nitrogens is 1. The van der Waals surface area contributed by atoms with Crippen LogP contribution in [0.3, 0.4) is 0 Å². The summed E-state index contributed by atoms with van der Waals surface area (Å²) in [5.74, 6) is -0.0999. The molecule has 1 aromatic carbocycles. The zero-order valence-corrected chi connectivity index (χ0v) is 15.4. The number of benzene rings is 1. The summed E-state index contributed by atoms with van der Waals surface area (Å²) in [6, 6.07) is 8.08. The van der Waals surface area contributed by atoms with Crippen LogP contribution in [-0.4, -0.2) is 37.1 Å². The molecule has 0 spiro atoms. The first-order valence-electron chi connectivity index (χ1n) is 8.97. The third-order valence-corrected chi connectivity index (χ3v) is 5.72. The molecule has 0 fully saturated rings. The van der Waals surface area contributed by atoms with Crippen molar-refractivity contribution in [2.45, 2.75) is 12.8 Å². The number of nitrogens with zero attached hydrogens (tertiary/aromatic N) is 1. The minimum Gasteiger partial charge on any atom is -0.321 e. The summed E-state index contributed by atoms with van der Waals surface area (Å²) in [5.41, 5.74) is 4.63. The van der Waals surface area contributed by atoms with E-state index in [2.05, 4.69) is 45.2 Å². The van der Waals surface area contributed by atoms with Gasteiger partial charge in [0.05, 0.1) is 6.20 Å². The fourth-order valence-corrected chi connectivity index (χ4v) is 4.07. The van der Waals surface area contributed by atoms with Crippen LogP contribution >= 0.6 is 11.3 Å². The van der Waals surface area contributed by atoms with Crippen molar-refractivity contribution in [3.8, 4) is 0 Å². The van der Waals surface area contributed by atoms with E-state index in [0.717, 1.165) is 49.7 Å². The Bertz CT molecular complexity index is 851. The topological polar surface area (TPSA) is 66.0 Å². The lowest BCUT2D eigenvalue weighted by atomic mass is 10.0. The number of rotatable bonds is 4. The Hall–Kier alpha value is -2.28. The Kier molecular flexibility index (Phi) is 5.24. The van der Waals surface area contributed by atoms with Crippen molar-refractivity contribution in [2.24, 2.45) is 0 Å². The molecule has 2 aliphatic heterocycles. The molecule has 0 aliphatic carbocycles. The molecule has 2 aliphatic rings. The highest BCUT2D eigenvalue weighted by molar-refractivity contribution is 7.14. The van der Waals surface area contributed by atoms with Crippen molar-refractivity contribution in [2.75, 3.05) is 31.5 Å². The minimum absolute atomic E-state index is 0.0999. The van der Waals surface area contributed by atoms with Gasteiger partial charge >= 0.3 is 0 Å². The third kappa shape index (κ3) is 3.93. The molecule has 6 heteroatoms. The molecule has 0 unspecified atom stereocenters. The molecule has 0 radical (unpaired) electrons. The van der Waals surface area contributed by atoms with Crippen molar-refractivity contribution in [1.82, 2.24) is 15.6 Å². The summed E-state index contributed by atoms with van der Waals surface area (Å²) < 4.78 is 0. The van der Waals surface area contributed by atoms with Crippen molar-refractivity contribution in [3.05, 3.63) is 58.1 Å². The summed E-state index contributed by atoms with van der Waals surface area (Å²) in [7, 11) is 0. The number of amides is 1. The van der Waals surface area contributed by atoms with Gasteiger partial charge in [-0.05, 0) is 54.8 Å². The van der Waals surface area contributed by atoms with Gasteiger partial charge in [-0.3, -0.25) is 4.79 Å². The Balaban J connectivity index is 1.42. The van der Waals surface area contributed by atoms with Crippen LogP contribution in [-0.2, 0) is 0 Å². The van der Waals surface area contributed by atoms with Gasteiger partial charge in [-0.25, -0.2) is 4.98 Å². The van der Waals surface area contributed by atoms with Crippen LogP contribution in [0.4, 0.5) is 5.69 Å². The lowest BCUT2D eigenvalue weighted by Gasteiger charge is -2.14. The van der Waals surface area contributed by atoms with Crippen molar-refractivity contribution in [1.29, 1.82) is 0 Å². The highest BCUT2D eigenvalue weighted by Crippen LogP contribution is 2.26. The van der Waals surface area contributed by atoms with E-state index in [-0.39, 0.29) is 5.91 Å². The van der Waals surface area contributed by atoms with Gasteiger partial charge in [0.1, 0.15) is 9.88 Å². The summed E-state index contributed by atoms with van der Waals surface area (Å²) in [5, 5.41) is 10.5. The zero-order chi connectivity index (χ0) is 17.8. The SMILES string of the molecule is O=C(Nc1ccc(C2=CCNCC2)cc1)c1cnc(C2=CCNCC2)s1. The van der Waals surface area contributed by atoms with E-state index >= 15 is 0 Å². The minimum atomic E-state index is -0.0999. The predicted octanol–water partition coefficient (Wildman–Crippen LogP) is 3.15. The van der Waals surface area contributed by atoms with Gasteiger partial charge in [-0.15, -0.1) is 11.3 Å². The molecule has 1 amide bonds. The van der Waals surface area contributed by atoms with Crippen LogP contribution in [0, 0.1) is 0 Å². The lowest BCUT2D eigenvalue weighted by Crippen LogP contribution is -2.20.